The van der Waals surface area contributed by atoms with Gasteiger partial charge >= 0.3 is 0 Å². The molecule has 2 aromatic rings. The fourth-order valence-corrected chi connectivity index (χ4v) is 2.44. The van der Waals surface area contributed by atoms with Crippen LogP contribution in [0.3, 0.4) is 0 Å². The van der Waals surface area contributed by atoms with Crippen LogP contribution >= 0.6 is 15.9 Å². The Kier molecular flexibility index (Phi) is 4.95. The molecular weight excluding hydrogens is 339 g/mol. The third-order valence-corrected chi connectivity index (χ3v) is 3.83. The highest BCUT2D eigenvalue weighted by molar-refractivity contribution is 9.10. The van der Waals surface area contributed by atoms with Crippen molar-refractivity contribution in [2.24, 2.45) is 0 Å². The Bertz CT molecular complexity index is 656. The minimum absolute atomic E-state index is 0.0441. The van der Waals surface area contributed by atoms with Crippen molar-refractivity contribution >= 4 is 27.5 Å². The average Bonchev–Trinajstić information content (AvgIpc) is 2.84. The van der Waals surface area contributed by atoms with Crippen molar-refractivity contribution < 1.29 is 9.18 Å². The van der Waals surface area contributed by atoms with Gasteiger partial charge in [0.15, 0.2) is 0 Å². The summed E-state index contributed by atoms with van der Waals surface area (Å²) in [6.45, 7) is 2.48. The van der Waals surface area contributed by atoms with Gasteiger partial charge < -0.3 is 11.1 Å². The van der Waals surface area contributed by atoms with Crippen molar-refractivity contribution in [2.75, 3.05) is 12.3 Å². The number of nitrogen functional groups attached to an aromatic ring is 1. The number of nitrogens with zero attached hydrogens (tertiary/aromatic N) is 1. The van der Waals surface area contributed by atoms with Crippen LogP contribution in [0, 0.1) is 12.7 Å². The molecule has 1 heterocycles. The number of H-pyrrole nitrogens is 1. The minimum Gasteiger partial charge on any atom is -0.396 e. The molecule has 2 rings (SSSR count). The number of rotatable bonds is 5. The summed E-state index contributed by atoms with van der Waals surface area (Å²) in [5.74, 6) is -0.827. The van der Waals surface area contributed by atoms with E-state index >= 15 is 0 Å². The van der Waals surface area contributed by atoms with Crippen LogP contribution < -0.4 is 11.1 Å². The van der Waals surface area contributed by atoms with E-state index in [-0.39, 0.29) is 11.6 Å². The highest BCUT2D eigenvalue weighted by atomic mass is 79.9. The molecule has 112 valence electrons. The third-order valence-electron chi connectivity index (χ3n) is 3.17. The predicted molar refractivity (Wildman–Crippen MR) is 82.5 cm³/mol. The van der Waals surface area contributed by atoms with Crippen molar-refractivity contribution in [3.05, 3.63) is 45.4 Å². The second kappa shape index (κ2) is 6.71. The maximum absolute atomic E-state index is 13.2. The van der Waals surface area contributed by atoms with E-state index in [2.05, 4.69) is 31.4 Å². The Hall–Kier alpha value is -1.89. The SMILES string of the molecule is Cc1[nH]ncc1CCCNC(=O)c1cc(N)c(F)cc1Br. The van der Waals surface area contributed by atoms with Crippen molar-refractivity contribution in [2.45, 2.75) is 19.8 Å². The van der Waals surface area contributed by atoms with Crippen LogP contribution in [-0.4, -0.2) is 22.6 Å². The molecule has 0 spiro atoms. The van der Waals surface area contributed by atoms with Crippen LogP contribution in [0.5, 0.6) is 0 Å². The van der Waals surface area contributed by atoms with Gasteiger partial charge in [-0.05, 0) is 53.4 Å². The van der Waals surface area contributed by atoms with E-state index in [4.69, 9.17) is 5.73 Å². The number of anilines is 1. The molecule has 0 radical (unpaired) electrons. The number of nitrogens with two attached hydrogens (primary N) is 1. The van der Waals surface area contributed by atoms with Gasteiger partial charge in [-0.25, -0.2) is 4.39 Å². The van der Waals surface area contributed by atoms with Gasteiger partial charge in [0.25, 0.3) is 5.91 Å². The topological polar surface area (TPSA) is 83.8 Å². The number of benzene rings is 1. The molecule has 0 saturated heterocycles. The molecule has 0 aliphatic heterocycles. The lowest BCUT2D eigenvalue weighted by molar-refractivity contribution is 0.0952. The Morgan fingerprint density at radius 1 is 1.52 bits per heavy atom. The summed E-state index contributed by atoms with van der Waals surface area (Å²) < 4.78 is 13.6. The number of amides is 1. The number of nitrogens with one attached hydrogen (secondary N) is 2. The Balaban J connectivity index is 1.88. The van der Waals surface area contributed by atoms with Crippen molar-refractivity contribution in [3.8, 4) is 0 Å². The van der Waals surface area contributed by atoms with Crippen LogP contribution in [0.2, 0.25) is 0 Å². The zero-order chi connectivity index (χ0) is 15.4. The Morgan fingerprint density at radius 2 is 2.29 bits per heavy atom. The number of carbonyl (C=O) groups excluding carboxylic acids is 1. The first kappa shape index (κ1) is 15.5. The van der Waals surface area contributed by atoms with Gasteiger partial charge in [-0.2, -0.15) is 5.10 Å². The summed E-state index contributed by atoms with van der Waals surface area (Å²) in [5.41, 5.74) is 7.93. The number of aromatic amines is 1. The predicted octanol–water partition coefficient (Wildman–Crippen LogP) is 2.56. The monoisotopic (exact) mass is 354 g/mol. The molecule has 0 bridgehead atoms. The van der Waals surface area contributed by atoms with Crippen LogP contribution in [0.15, 0.2) is 22.8 Å². The summed E-state index contributed by atoms with van der Waals surface area (Å²) in [7, 11) is 0. The Morgan fingerprint density at radius 3 is 2.95 bits per heavy atom. The fourth-order valence-electron chi connectivity index (χ4n) is 1.94. The summed E-state index contributed by atoms with van der Waals surface area (Å²) in [6.07, 6.45) is 3.41. The van der Waals surface area contributed by atoms with E-state index in [1.807, 2.05) is 6.92 Å². The lowest BCUT2D eigenvalue weighted by atomic mass is 10.1. The highest BCUT2D eigenvalue weighted by Crippen LogP contribution is 2.22. The van der Waals surface area contributed by atoms with E-state index < -0.39 is 5.82 Å². The molecule has 0 saturated carbocycles. The first-order valence-electron chi connectivity index (χ1n) is 6.50. The van der Waals surface area contributed by atoms with Gasteiger partial charge in [0.1, 0.15) is 5.82 Å². The van der Waals surface area contributed by atoms with Gasteiger partial charge in [0, 0.05) is 16.7 Å². The number of carbonyl (C=O) groups is 1. The van der Waals surface area contributed by atoms with E-state index in [1.54, 1.807) is 6.20 Å². The van der Waals surface area contributed by atoms with Gasteiger partial charge in [-0.15, -0.1) is 0 Å². The van der Waals surface area contributed by atoms with Crippen molar-refractivity contribution in [3.63, 3.8) is 0 Å². The van der Waals surface area contributed by atoms with E-state index in [9.17, 15) is 9.18 Å². The fraction of sp³-hybridized carbons (Fsp3) is 0.286. The number of hydrogen-bond donors (Lipinski definition) is 3. The van der Waals surface area contributed by atoms with Crippen molar-refractivity contribution in [1.82, 2.24) is 15.5 Å². The molecule has 1 aromatic carbocycles. The third kappa shape index (κ3) is 3.81. The van der Waals surface area contributed by atoms with Crippen LogP contribution in [0.4, 0.5) is 10.1 Å². The quantitative estimate of drug-likeness (QED) is 0.569. The minimum atomic E-state index is -0.547. The number of aromatic nitrogens is 2. The molecule has 0 aliphatic carbocycles. The smallest absolute Gasteiger partial charge is 0.252 e. The first-order valence-corrected chi connectivity index (χ1v) is 7.30. The number of hydrogen-bond acceptors (Lipinski definition) is 3. The van der Waals surface area contributed by atoms with Crippen LogP contribution in [0.25, 0.3) is 0 Å². The molecule has 1 aromatic heterocycles. The van der Waals surface area contributed by atoms with Crippen LogP contribution in [0.1, 0.15) is 28.0 Å². The molecular formula is C14H16BrFN4O. The summed E-state index contributed by atoms with van der Waals surface area (Å²) in [4.78, 5) is 12.0. The summed E-state index contributed by atoms with van der Waals surface area (Å²) >= 11 is 3.16. The zero-order valence-electron chi connectivity index (χ0n) is 11.5. The van der Waals surface area contributed by atoms with Gasteiger partial charge in [-0.3, -0.25) is 9.89 Å². The molecule has 0 unspecified atom stereocenters. The van der Waals surface area contributed by atoms with Gasteiger partial charge in [0.2, 0.25) is 0 Å². The lowest BCUT2D eigenvalue weighted by Crippen LogP contribution is -2.25. The van der Waals surface area contributed by atoms with Gasteiger partial charge in [-0.1, -0.05) is 0 Å². The van der Waals surface area contributed by atoms with Crippen molar-refractivity contribution in [1.29, 1.82) is 0 Å². The maximum Gasteiger partial charge on any atom is 0.252 e. The van der Waals surface area contributed by atoms with Crippen LogP contribution in [-0.2, 0) is 6.42 Å². The van der Waals surface area contributed by atoms with Gasteiger partial charge in [0.05, 0.1) is 17.4 Å². The molecule has 7 heteroatoms. The average molecular weight is 355 g/mol. The second-order valence-corrected chi connectivity index (χ2v) is 5.59. The second-order valence-electron chi connectivity index (χ2n) is 4.73. The normalized spacial score (nSPS) is 10.6. The molecule has 21 heavy (non-hydrogen) atoms. The standard InChI is InChI=1S/C14H16BrFN4O/c1-8-9(7-19-20-8)3-2-4-18-14(21)10-5-13(17)12(16)6-11(10)15/h5-7H,2-4,17H2,1H3,(H,18,21)(H,19,20). The van der Waals surface area contributed by atoms with E-state index in [0.717, 1.165) is 24.1 Å². The molecule has 0 fully saturated rings. The molecule has 4 N–H and O–H groups in total. The molecule has 0 atom stereocenters. The summed E-state index contributed by atoms with van der Waals surface area (Å²) in [6, 6.07) is 2.52. The maximum atomic E-state index is 13.2. The largest absolute Gasteiger partial charge is 0.396 e. The molecule has 5 nitrogen and oxygen atoms in total. The molecule has 1 amide bonds. The highest BCUT2D eigenvalue weighted by Gasteiger charge is 2.13. The Labute approximate surface area is 130 Å². The van der Waals surface area contributed by atoms with E-state index in [0.29, 0.717) is 16.6 Å². The number of aryl methyl sites for hydroxylation is 2. The molecule has 0 aliphatic rings. The van der Waals surface area contributed by atoms with E-state index in [1.165, 1.54) is 12.1 Å². The summed E-state index contributed by atoms with van der Waals surface area (Å²) in [5, 5.41) is 9.61. The first-order chi connectivity index (χ1) is 9.99. The zero-order valence-corrected chi connectivity index (χ0v) is 13.1. The number of halogens is 2. The lowest BCUT2D eigenvalue weighted by Gasteiger charge is -2.08.